The van der Waals surface area contributed by atoms with Gasteiger partial charge >= 0.3 is 0 Å². The summed E-state index contributed by atoms with van der Waals surface area (Å²) in [6.45, 7) is 3.23. The first-order valence-electron chi connectivity index (χ1n) is 6.55. The molecule has 0 radical (unpaired) electrons. The third-order valence-corrected chi connectivity index (χ3v) is 3.61. The first-order valence-corrected chi connectivity index (χ1v) is 6.55. The lowest BCUT2D eigenvalue weighted by atomic mass is 9.82. The molecule has 2 atom stereocenters. The summed E-state index contributed by atoms with van der Waals surface area (Å²) in [5.41, 5.74) is 0.548. The maximum Gasteiger partial charge on any atom is 0.122 e. The van der Waals surface area contributed by atoms with Crippen LogP contribution in [-0.2, 0) is 4.74 Å². The van der Waals surface area contributed by atoms with Crippen molar-refractivity contribution < 1.29 is 14.6 Å². The van der Waals surface area contributed by atoms with E-state index in [9.17, 15) is 5.11 Å². The quantitative estimate of drug-likeness (QED) is 0.873. The number of methoxy groups -OCH3 is 1. The van der Waals surface area contributed by atoms with E-state index < -0.39 is 5.60 Å². The van der Waals surface area contributed by atoms with Gasteiger partial charge in [-0.3, -0.25) is 0 Å². The van der Waals surface area contributed by atoms with Crippen LogP contribution in [0.15, 0.2) is 24.3 Å². The Labute approximate surface area is 109 Å². The monoisotopic (exact) mass is 250 g/mol. The van der Waals surface area contributed by atoms with Gasteiger partial charge in [-0.2, -0.15) is 0 Å². The second-order valence-electron chi connectivity index (χ2n) is 5.32. The molecule has 0 bridgehead atoms. The van der Waals surface area contributed by atoms with E-state index in [0.717, 1.165) is 25.2 Å². The van der Waals surface area contributed by atoms with Gasteiger partial charge in [0.1, 0.15) is 5.75 Å². The maximum atomic E-state index is 10.4. The van der Waals surface area contributed by atoms with Crippen LogP contribution in [0.3, 0.4) is 0 Å². The largest absolute Gasteiger partial charge is 0.493 e. The molecule has 0 saturated carbocycles. The summed E-state index contributed by atoms with van der Waals surface area (Å²) >= 11 is 0. The van der Waals surface area contributed by atoms with Crippen molar-refractivity contribution in [2.75, 3.05) is 20.3 Å². The second-order valence-corrected chi connectivity index (χ2v) is 5.32. The number of hydrogen-bond donors (Lipinski definition) is 1. The Morgan fingerprint density at radius 1 is 1.44 bits per heavy atom. The molecule has 1 aromatic carbocycles. The number of ether oxygens (including phenoxy) is 2. The molecule has 3 heteroatoms. The van der Waals surface area contributed by atoms with E-state index in [2.05, 4.69) is 6.07 Å². The smallest absolute Gasteiger partial charge is 0.122 e. The molecule has 0 saturated heterocycles. The van der Waals surface area contributed by atoms with Crippen molar-refractivity contribution in [2.24, 2.45) is 0 Å². The minimum atomic E-state index is -0.675. The number of fused-ring (bicyclic) bond motifs is 1. The fraction of sp³-hybridized carbons (Fsp3) is 0.600. The Balaban J connectivity index is 2.06. The molecule has 18 heavy (non-hydrogen) atoms. The SMILES string of the molecule is COCCC(C)(O)CC1CCOc2ccccc21. The van der Waals surface area contributed by atoms with E-state index >= 15 is 0 Å². The number of aliphatic hydroxyl groups is 1. The molecule has 1 aliphatic rings. The zero-order chi connectivity index (χ0) is 13.0. The standard InChI is InChI=1S/C15H22O3/c1-15(16,8-10-17-2)11-12-7-9-18-14-6-4-3-5-13(12)14/h3-6,12,16H,7-11H2,1-2H3. The van der Waals surface area contributed by atoms with Gasteiger partial charge in [0.15, 0.2) is 0 Å². The third kappa shape index (κ3) is 3.24. The normalized spacial score (nSPS) is 21.8. The molecule has 1 aliphatic heterocycles. The van der Waals surface area contributed by atoms with Crippen molar-refractivity contribution in [3.63, 3.8) is 0 Å². The van der Waals surface area contributed by atoms with E-state index in [1.807, 2.05) is 25.1 Å². The lowest BCUT2D eigenvalue weighted by molar-refractivity contribution is 0.00840. The van der Waals surface area contributed by atoms with Crippen LogP contribution >= 0.6 is 0 Å². The molecule has 0 aromatic heterocycles. The highest BCUT2D eigenvalue weighted by atomic mass is 16.5. The first-order chi connectivity index (χ1) is 8.62. The van der Waals surface area contributed by atoms with Crippen LogP contribution in [0.1, 0.15) is 37.7 Å². The van der Waals surface area contributed by atoms with Crippen molar-refractivity contribution in [1.82, 2.24) is 0 Å². The molecule has 3 nitrogen and oxygen atoms in total. The second kappa shape index (κ2) is 5.72. The number of rotatable bonds is 5. The highest BCUT2D eigenvalue weighted by Crippen LogP contribution is 2.38. The molecular weight excluding hydrogens is 228 g/mol. The predicted molar refractivity (Wildman–Crippen MR) is 71.0 cm³/mol. The zero-order valence-electron chi connectivity index (χ0n) is 11.2. The van der Waals surface area contributed by atoms with Crippen LogP contribution in [0, 0.1) is 0 Å². The molecule has 2 rings (SSSR count). The Hall–Kier alpha value is -1.06. The van der Waals surface area contributed by atoms with E-state index in [0.29, 0.717) is 18.9 Å². The zero-order valence-corrected chi connectivity index (χ0v) is 11.2. The van der Waals surface area contributed by atoms with Gasteiger partial charge in [-0.15, -0.1) is 0 Å². The van der Waals surface area contributed by atoms with Crippen molar-refractivity contribution in [3.05, 3.63) is 29.8 Å². The molecule has 0 fully saturated rings. The van der Waals surface area contributed by atoms with E-state index in [-0.39, 0.29) is 0 Å². The summed E-state index contributed by atoms with van der Waals surface area (Å²) in [7, 11) is 1.67. The van der Waals surface area contributed by atoms with E-state index in [1.54, 1.807) is 7.11 Å². The fourth-order valence-electron chi connectivity index (χ4n) is 2.58. The molecule has 2 unspecified atom stereocenters. The summed E-state index contributed by atoms with van der Waals surface area (Å²) in [5.74, 6) is 1.35. The Kier molecular flexibility index (Phi) is 4.25. The summed E-state index contributed by atoms with van der Waals surface area (Å²) in [5, 5.41) is 10.4. The van der Waals surface area contributed by atoms with Crippen LogP contribution in [0.2, 0.25) is 0 Å². The molecule has 0 spiro atoms. The predicted octanol–water partition coefficient (Wildman–Crippen LogP) is 2.73. The van der Waals surface area contributed by atoms with Gasteiger partial charge in [-0.1, -0.05) is 18.2 Å². The van der Waals surface area contributed by atoms with Crippen LogP contribution in [0.25, 0.3) is 0 Å². The summed E-state index contributed by atoms with van der Waals surface area (Å²) in [6.07, 6.45) is 2.40. The molecule has 1 N–H and O–H groups in total. The minimum Gasteiger partial charge on any atom is -0.493 e. The van der Waals surface area contributed by atoms with Crippen LogP contribution in [-0.4, -0.2) is 31.0 Å². The number of para-hydroxylation sites is 1. The van der Waals surface area contributed by atoms with Gasteiger partial charge in [-0.25, -0.2) is 0 Å². The molecule has 100 valence electrons. The van der Waals surface area contributed by atoms with Crippen LogP contribution in [0.4, 0.5) is 0 Å². The summed E-state index contributed by atoms with van der Waals surface area (Å²) in [4.78, 5) is 0. The lowest BCUT2D eigenvalue weighted by Crippen LogP contribution is -2.30. The van der Waals surface area contributed by atoms with Gasteiger partial charge < -0.3 is 14.6 Å². The number of hydrogen-bond acceptors (Lipinski definition) is 3. The summed E-state index contributed by atoms with van der Waals surface area (Å²) < 4.78 is 10.7. The molecule has 1 heterocycles. The highest BCUT2D eigenvalue weighted by Gasteiger charge is 2.29. The molecule has 1 aromatic rings. The Morgan fingerprint density at radius 3 is 3.00 bits per heavy atom. The summed E-state index contributed by atoms with van der Waals surface area (Å²) in [6, 6.07) is 8.13. The van der Waals surface area contributed by atoms with Crippen molar-refractivity contribution in [2.45, 2.75) is 37.7 Å². The topological polar surface area (TPSA) is 38.7 Å². The van der Waals surface area contributed by atoms with Gasteiger partial charge in [0.25, 0.3) is 0 Å². The first kappa shape index (κ1) is 13.4. The van der Waals surface area contributed by atoms with E-state index in [4.69, 9.17) is 9.47 Å². The molecule has 0 amide bonds. The average Bonchev–Trinajstić information content (AvgIpc) is 2.37. The molecule has 0 aliphatic carbocycles. The lowest BCUT2D eigenvalue weighted by Gasteiger charge is -2.32. The Morgan fingerprint density at radius 2 is 2.22 bits per heavy atom. The van der Waals surface area contributed by atoms with Gasteiger partial charge in [0.05, 0.1) is 12.2 Å². The minimum absolute atomic E-state index is 0.377. The van der Waals surface area contributed by atoms with Crippen LogP contribution in [0.5, 0.6) is 5.75 Å². The average molecular weight is 250 g/mol. The maximum absolute atomic E-state index is 10.4. The van der Waals surface area contributed by atoms with E-state index in [1.165, 1.54) is 5.56 Å². The van der Waals surface area contributed by atoms with Gasteiger partial charge in [0.2, 0.25) is 0 Å². The van der Waals surface area contributed by atoms with Crippen molar-refractivity contribution in [1.29, 1.82) is 0 Å². The Bertz CT molecular complexity index is 387. The number of benzene rings is 1. The van der Waals surface area contributed by atoms with Crippen LogP contribution < -0.4 is 4.74 Å². The van der Waals surface area contributed by atoms with Crippen molar-refractivity contribution in [3.8, 4) is 5.75 Å². The third-order valence-electron chi connectivity index (χ3n) is 3.61. The highest BCUT2D eigenvalue weighted by molar-refractivity contribution is 5.37. The fourth-order valence-corrected chi connectivity index (χ4v) is 2.58. The molecular formula is C15H22O3. The van der Waals surface area contributed by atoms with Gasteiger partial charge in [-0.05, 0) is 43.7 Å². The van der Waals surface area contributed by atoms with Gasteiger partial charge in [0, 0.05) is 13.7 Å². The van der Waals surface area contributed by atoms with Crippen molar-refractivity contribution >= 4 is 0 Å².